The van der Waals surface area contributed by atoms with Crippen LogP contribution in [-0.2, 0) is 12.5 Å². The molecule has 1 heterocycles. The number of imidazole rings is 1. The van der Waals surface area contributed by atoms with Crippen LogP contribution in [0.1, 0.15) is 67.6 Å². The van der Waals surface area contributed by atoms with Gasteiger partial charge in [0.05, 0.1) is 22.9 Å². The van der Waals surface area contributed by atoms with E-state index in [4.69, 9.17) is 21.3 Å². The lowest BCUT2D eigenvalue weighted by Gasteiger charge is -2.18. The zero-order chi connectivity index (χ0) is 26.6. The Bertz CT molecular complexity index is 1230. The molecule has 0 saturated heterocycles. The van der Waals surface area contributed by atoms with Crippen molar-refractivity contribution in [2.45, 2.75) is 58.6 Å². The molecule has 36 heavy (non-hydrogen) atoms. The summed E-state index contributed by atoms with van der Waals surface area (Å²) in [6.07, 6.45) is 2.00. The number of aromatic nitrogens is 2. The second-order valence-corrected chi connectivity index (χ2v) is 10.5. The summed E-state index contributed by atoms with van der Waals surface area (Å²) in [5.41, 5.74) is 2.35. The van der Waals surface area contributed by atoms with Crippen molar-refractivity contribution in [3.63, 3.8) is 0 Å². The predicted octanol–water partition coefficient (Wildman–Crippen LogP) is 5.19. The van der Waals surface area contributed by atoms with Crippen molar-refractivity contribution in [2.75, 3.05) is 6.61 Å². The molecule has 1 atom stereocenters. The number of nitrogens with one attached hydrogen (secondary N) is 1. The molecule has 192 valence electrons. The minimum Gasteiger partial charge on any atom is -0.489 e. The van der Waals surface area contributed by atoms with Gasteiger partial charge in [-0.1, -0.05) is 56.6 Å². The van der Waals surface area contributed by atoms with E-state index in [1.807, 2.05) is 43.8 Å². The lowest BCUT2D eigenvalue weighted by Crippen LogP contribution is -2.41. The number of ether oxygens (including phenoxy) is 1. The van der Waals surface area contributed by atoms with Gasteiger partial charge in [0, 0.05) is 42.0 Å². The Morgan fingerprint density at radius 1 is 1.11 bits per heavy atom. The van der Waals surface area contributed by atoms with Gasteiger partial charge in [0.1, 0.15) is 11.6 Å². The van der Waals surface area contributed by atoms with Crippen molar-refractivity contribution in [2.24, 2.45) is 7.05 Å². The Labute approximate surface area is 217 Å². The van der Waals surface area contributed by atoms with Crippen molar-refractivity contribution in [1.29, 1.82) is 0 Å². The first-order valence-corrected chi connectivity index (χ1v) is 12.3. The number of amides is 1. The topological polar surface area (TPSA) is 93.5 Å². The summed E-state index contributed by atoms with van der Waals surface area (Å²) in [7, 11) is 1.97. The van der Waals surface area contributed by atoms with Crippen LogP contribution in [-0.4, -0.2) is 45.1 Å². The van der Waals surface area contributed by atoms with Crippen molar-refractivity contribution < 1.29 is 19.4 Å². The molecule has 1 amide bonds. The number of nitrogens with zero attached hydrogens (tertiary/aromatic N) is 2. The smallest absolute Gasteiger partial charge is 0.251 e. The number of benzene rings is 2. The molecule has 2 aromatic carbocycles. The highest BCUT2D eigenvalue weighted by Crippen LogP contribution is 2.27. The van der Waals surface area contributed by atoms with E-state index in [1.165, 1.54) is 6.07 Å². The highest BCUT2D eigenvalue weighted by molar-refractivity contribution is 6.32. The number of hydrogen-bond acceptors (Lipinski definition) is 5. The number of aliphatic hydroxyl groups is 1. The van der Waals surface area contributed by atoms with Crippen molar-refractivity contribution in [3.05, 3.63) is 70.6 Å². The van der Waals surface area contributed by atoms with Crippen LogP contribution >= 0.6 is 11.6 Å². The first-order valence-electron chi connectivity index (χ1n) is 12.0. The van der Waals surface area contributed by atoms with Gasteiger partial charge in [0.2, 0.25) is 0 Å². The van der Waals surface area contributed by atoms with Crippen LogP contribution in [0.15, 0.2) is 48.7 Å². The molecule has 0 spiro atoms. The van der Waals surface area contributed by atoms with Gasteiger partial charge in [0.15, 0.2) is 5.78 Å². The molecule has 2 N–H and O–H groups in total. The highest BCUT2D eigenvalue weighted by Gasteiger charge is 2.24. The summed E-state index contributed by atoms with van der Waals surface area (Å²) in [5, 5.41) is 12.6. The lowest BCUT2D eigenvalue weighted by atomic mass is 9.96. The number of aryl methyl sites for hydroxylation is 1. The predicted molar refractivity (Wildman–Crippen MR) is 142 cm³/mol. The summed E-state index contributed by atoms with van der Waals surface area (Å²) < 4.78 is 7.61. The largest absolute Gasteiger partial charge is 0.489 e. The maximum Gasteiger partial charge on any atom is 0.251 e. The van der Waals surface area contributed by atoms with E-state index in [9.17, 15) is 14.7 Å². The van der Waals surface area contributed by atoms with Crippen LogP contribution in [0.2, 0.25) is 5.02 Å². The molecule has 0 bridgehead atoms. The summed E-state index contributed by atoms with van der Waals surface area (Å²) >= 11 is 6.26. The molecule has 0 radical (unpaired) electrons. The fourth-order valence-corrected chi connectivity index (χ4v) is 4.16. The van der Waals surface area contributed by atoms with Crippen LogP contribution in [0.5, 0.6) is 5.75 Å². The van der Waals surface area contributed by atoms with Gasteiger partial charge in [0.25, 0.3) is 5.91 Å². The Morgan fingerprint density at radius 3 is 2.28 bits per heavy atom. The molecule has 3 aromatic rings. The molecule has 7 nitrogen and oxygen atoms in total. The van der Waals surface area contributed by atoms with Gasteiger partial charge in [-0.05, 0) is 38.5 Å². The van der Waals surface area contributed by atoms with Gasteiger partial charge >= 0.3 is 0 Å². The summed E-state index contributed by atoms with van der Waals surface area (Å²) in [6.45, 7) is 9.84. The normalized spacial score (nSPS) is 12.5. The molecule has 3 rings (SSSR count). The molecular weight excluding hydrogens is 478 g/mol. The van der Waals surface area contributed by atoms with Crippen LogP contribution < -0.4 is 10.1 Å². The number of rotatable bonds is 9. The van der Waals surface area contributed by atoms with E-state index in [1.54, 1.807) is 24.3 Å². The average Bonchev–Trinajstić information content (AvgIpc) is 3.21. The lowest BCUT2D eigenvalue weighted by molar-refractivity contribution is 0.0840. The van der Waals surface area contributed by atoms with E-state index in [0.29, 0.717) is 21.9 Å². The minimum atomic E-state index is -0.888. The van der Waals surface area contributed by atoms with E-state index in [-0.39, 0.29) is 30.3 Å². The standard InChI is InChI=1S/C28H34ClN3O4/c1-17(2)36-24-12-11-20(15-21(24)29)26(35)30-22(13-14-33)25(34)19-9-7-18(8-10-19)23-16-32(6)27(31-23)28(3,4)5/h7-12,15-17,22,33H,13-14H2,1-6H3,(H,30,35)/t22-/m1/s1. The van der Waals surface area contributed by atoms with Gasteiger partial charge in [-0.15, -0.1) is 0 Å². The first-order chi connectivity index (χ1) is 16.9. The van der Waals surface area contributed by atoms with Crippen LogP contribution in [0.3, 0.4) is 0 Å². The molecule has 0 aliphatic rings. The third-order valence-electron chi connectivity index (χ3n) is 5.61. The monoisotopic (exact) mass is 511 g/mol. The van der Waals surface area contributed by atoms with Gasteiger partial charge in [-0.2, -0.15) is 0 Å². The number of ketones is 1. The van der Waals surface area contributed by atoms with Crippen molar-refractivity contribution in [1.82, 2.24) is 14.9 Å². The number of Topliss-reactive ketones (excluding diaryl/α,β-unsaturated/α-hetero) is 1. The number of hydrogen-bond donors (Lipinski definition) is 2. The summed E-state index contributed by atoms with van der Waals surface area (Å²) in [4.78, 5) is 30.8. The number of carbonyl (C=O) groups is 2. The van der Waals surface area contributed by atoms with Gasteiger partial charge < -0.3 is 19.7 Å². The summed E-state index contributed by atoms with van der Waals surface area (Å²) in [5.74, 6) is 0.701. The molecule has 8 heteroatoms. The fraction of sp³-hybridized carbons (Fsp3) is 0.393. The number of halogens is 1. The zero-order valence-electron chi connectivity index (χ0n) is 21.6. The number of aliphatic hydroxyl groups excluding tert-OH is 1. The molecule has 0 unspecified atom stereocenters. The molecule has 0 fully saturated rings. The van der Waals surface area contributed by atoms with Gasteiger partial charge in [-0.25, -0.2) is 4.98 Å². The molecule has 0 saturated carbocycles. The number of carbonyl (C=O) groups excluding carboxylic acids is 2. The molecule has 0 aliphatic heterocycles. The summed E-state index contributed by atoms with van der Waals surface area (Å²) in [6, 6.07) is 10.9. The van der Waals surface area contributed by atoms with Crippen LogP contribution in [0, 0.1) is 0 Å². The average molecular weight is 512 g/mol. The van der Waals surface area contributed by atoms with Gasteiger partial charge in [-0.3, -0.25) is 9.59 Å². The SMILES string of the molecule is CC(C)Oc1ccc(C(=O)N[C@H](CCO)C(=O)c2ccc(-c3cn(C)c(C(C)(C)C)n3)cc2)cc1Cl. The molecule has 1 aromatic heterocycles. The zero-order valence-corrected chi connectivity index (χ0v) is 22.4. The van der Waals surface area contributed by atoms with Crippen LogP contribution in [0.25, 0.3) is 11.3 Å². The highest BCUT2D eigenvalue weighted by atomic mass is 35.5. The Kier molecular flexibility index (Phi) is 8.59. The maximum absolute atomic E-state index is 13.2. The second kappa shape index (κ2) is 11.3. The Hall–Kier alpha value is -3.16. The van der Waals surface area contributed by atoms with Crippen molar-refractivity contribution in [3.8, 4) is 17.0 Å². The molecular formula is C28H34ClN3O4. The Balaban J connectivity index is 1.76. The van der Waals surface area contributed by atoms with Crippen LogP contribution in [0.4, 0.5) is 0 Å². The Morgan fingerprint density at radius 2 is 1.75 bits per heavy atom. The minimum absolute atomic E-state index is 0.0571. The first kappa shape index (κ1) is 27.4. The van der Waals surface area contributed by atoms with E-state index in [2.05, 4.69) is 26.1 Å². The fourth-order valence-electron chi connectivity index (χ4n) is 3.94. The van der Waals surface area contributed by atoms with E-state index in [0.717, 1.165) is 17.1 Å². The quantitative estimate of drug-likeness (QED) is 0.386. The van der Waals surface area contributed by atoms with E-state index < -0.39 is 11.9 Å². The van der Waals surface area contributed by atoms with E-state index >= 15 is 0 Å². The third-order valence-corrected chi connectivity index (χ3v) is 5.90. The molecule has 0 aliphatic carbocycles. The van der Waals surface area contributed by atoms with Crippen molar-refractivity contribution >= 4 is 23.3 Å². The maximum atomic E-state index is 13.2. The third kappa shape index (κ3) is 6.53. The second-order valence-electron chi connectivity index (χ2n) is 10.1.